The topological polar surface area (TPSA) is 65.2 Å². The molecule has 1 aromatic heterocycles. The second-order valence-corrected chi connectivity index (χ2v) is 5.56. The van der Waals surface area contributed by atoms with Gasteiger partial charge in [0.25, 0.3) is 0 Å². The molecule has 0 amide bonds. The summed E-state index contributed by atoms with van der Waals surface area (Å²) in [6, 6.07) is -2.31. The van der Waals surface area contributed by atoms with Crippen molar-refractivity contribution in [3.8, 4) is 0 Å². The molecule has 0 radical (unpaired) electrons. The van der Waals surface area contributed by atoms with Crippen molar-refractivity contribution in [2.24, 2.45) is 0 Å². The first-order valence-electron chi connectivity index (χ1n) is 11.6. The van der Waals surface area contributed by atoms with Gasteiger partial charge in [-0.25, -0.2) is 13.1 Å². The quantitative estimate of drug-likeness (QED) is 0.846. The van der Waals surface area contributed by atoms with Gasteiger partial charge < -0.3 is 9.88 Å². The zero-order valence-electron chi connectivity index (χ0n) is 22.6. The molecule has 0 saturated carbocycles. The van der Waals surface area contributed by atoms with Crippen molar-refractivity contribution in [3.05, 3.63) is 35.4 Å². The van der Waals surface area contributed by atoms with Crippen molar-refractivity contribution in [3.63, 3.8) is 0 Å². The fraction of sp³-hybridized carbons (Fsp3) is 0.429. The Kier molecular flexibility index (Phi) is 1.72. The van der Waals surface area contributed by atoms with Crippen LogP contribution in [-0.4, -0.2) is 45.8 Å². The molecule has 1 heterocycles. The maximum Gasteiger partial charge on any atom is 0.215 e. The van der Waals surface area contributed by atoms with E-state index < -0.39 is 66.1 Å². The Morgan fingerprint density at radius 3 is 3.00 bits per heavy atom. The van der Waals surface area contributed by atoms with E-state index in [-0.39, 0.29) is 27.8 Å². The third-order valence-corrected chi connectivity index (χ3v) is 3.55. The maximum atomic E-state index is 12.2. The molecule has 0 aliphatic rings. The summed E-state index contributed by atoms with van der Waals surface area (Å²) in [5.74, 6) is 0. The van der Waals surface area contributed by atoms with Crippen LogP contribution in [0.2, 0.25) is 0 Å². The van der Waals surface area contributed by atoms with Gasteiger partial charge >= 0.3 is 0 Å². The van der Waals surface area contributed by atoms with Gasteiger partial charge in [-0.15, -0.1) is 0 Å². The van der Waals surface area contributed by atoms with E-state index in [4.69, 9.17) is 16.4 Å². The van der Waals surface area contributed by atoms with Gasteiger partial charge in [0.2, 0.25) is 10.0 Å². The summed E-state index contributed by atoms with van der Waals surface area (Å²) in [6.45, 7) is -6.60. The monoisotopic (exact) mass is 307 g/mol. The van der Waals surface area contributed by atoms with Gasteiger partial charge in [0.05, 0.1) is 11.2 Å². The summed E-state index contributed by atoms with van der Waals surface area (Å²) in [4.78, 5) is 2.71. The van der Waals surface area contributed by atoms with Crippen LogP contribution in [0.5, 0.6) is 0 Å². The highest BCUT2D eigenvalue weighted by Crippen LogP contribution is 2.21. The second-order valence-electron chi connectivity index (χ2n) is 3.94. The lowest BCUT2D eigenvalue weighted by atomic mass is 10.1. The first kappa shape index (κ1) is 5.79. The van der Waals surface area contributed by atoms with E-state index in [1.807, 2.05) is 0 Å². The Hall–Kier alpha value is -1.37. The molecule has 110 valence electrons. The van der Waals surface area contributed by atoms with E-state index in [0.29, 0.717) is 0 Å². The Morgan fingerprint density at radius 2 is 2.30 bits per heavy atom. The van der Waals surface area contributed by atoms with Crippen LogP contribution in [0.4, 0.5) is 0 Å². The first-order chi connectivity index (χ1) is 14.3. The number of aromatic amines is 1. The SMILES string of the molecule is [2H]c1[nH]c2c([2H])c([2H])c(C([2H])([2H])S(=O)(=O)NC)c([2H])c2c1CCN(C([2H])([2H])[2H])C([2H])([2H])[2H]. The van der Waals surface area contributed by atoms with E-state index in [9.17, 15) is 8.42 Å². The van der Waals surface area contributed by atoms with E-state index in [1.54, 1.807) is 4.72 Å². The molecule has 0 unspecified atom stereocenters. The van der Waals surface area contributed by atoms with Crippen molar-refractivity contribution in [1.82, 2.24) is 14.6 Å². The highest BCUT2D eigenvalue weighted by Gasteiger charge is 2.11. The molecule has 2 rings (SSSR count). The Morgan fingerprint density at radius 1 is 1.50 bits per heavy atom. The number of sulfonamides is 1. The van der Waals surface area contributed by atoms with Crippen molar-refractivity contribution in [2.45, 2.75) is 12.1 Å². The number of hydrogen-bond donors (Lipinski definition) is 2. The van der Waals surface area contributed by atoms with Crippen molar-refractivity contribution < 1.29 is 24.9 Å². The molecule has 0 fully saturated rings. The predicted octanol–water partition coefficient (Wildman–Crippen LogP) is 1.32. The van der Waals surface area contributed by atoms with Crippen LogP contribution in [0.15, 0.2) is 24.3 Å². The Bertz CT molecular complexity index is 1120. The molecule has 0 saturated heterocycles. The zero-order valence-corrected chi connectivity index (χ0v) is 11.4. The van der Waals surface area contributed by atoms with Crippen LogP contribution in [0.25, 0.3) is 10.9 Å². The molecule has 0 aliphatic carbocycles. The summed E-state index contributed by atoms with van der Waals surface area (Å²) < 4.78 is 120. The number of fused-ring (bicyclic) bond motifs is 1. The molecular weight excluding hydrogens is 274 g/mol. The number of hydrogen-bond acceptors (Lipinski definition) is 3. The van der Waals surface area contributed by atoms with Crippen molar-refractivity contribution >= 4 is 20.9 Å². The molecule has 0 spiro atoms. The number of likely N-dealkylation sites (N-methyl/N-ethyl adjacent to an activating group) is 1. The molecule has 5 nitrogen and oxygen atoms in total. The van der Waals surface area contributed by atoms with Gasteiger partial charge in [-0.05, 0) is 50.6 Å². The standard InChI is InChI=1S/C14H21N3O2S/c1-15-20(18,19)10-11-4-5-14-13(8-11)12(9-16-14)6-7-17(2)3/h4-5,8-9,15-16H,6-7,10H2,1-3H3/i2D3,3D3,4D,5D,8D,9D,10D2. The summed E-state index contributed by atoms with van der Waals surface area (Å²) >= 11 is 0. The van der Waals surface area contributed by atoms with Gasteiger partial charge in [0.1, 0.15) is 0 Å². The number of benzene rings is 1. The van der Waals surface area contributed by atoms with Crippen LogP contribution < -0.4 is 4.72 Å². The molecule has 20 heavy (non-hydrogen) atoms. The highest BCUT2D eigenvalue weighted by atomic mass is 32.2. The fourth-order valence-electron chi connectivity index (χ4n) is 1.57. The second kappa shape index (κ2) is 5.95. The van der Waals surface area contributed by atoms with Gasteiger partial charge in [-0.1, -0.05) is 6.04 Å². The predicted molar refractivity (Wildman–Crippen MR) is 82.2 cm³/mol. The minimum Gasteiger partial charge on any atom is -0.361 e. The smallest absolute Gasteiger partial charge is 0.215 e. The van der Waals surface area contributed by atoms with E-state index in [1.165, 1.54) is 0 Å². The zero-order chi connectivity index (χ0) is 25.0. The number of nitrogens with one attached hydrogen (secondary N) is 2. The highest BCUT2D eigenvalue weighted by molar-refractivity contribution is 7.88. The van der Waals surface area contributed by atoms with Gasteiger partial charge in [0, 0.05) is 34.6 Å². The number of rotatable bonds is 6. The summed E-state index contributed by atoms with van der Waals surface area (Å²) in [7, 11) is -3.76. The fourth-order valence-corrected chi connectivity index (χ4v) is 2.05. The summed E-state index contributed by atoms with van der Waals surface area (Å²) in [6.07, 6.45) is -0.786. The Labute approximate surface area is 136 Å². The minimum absolute atomic E-state index is 0.101. The van der Waals surface area contributed by atoms with E-state index >= 15 is 0 Å². The number of nitrogens with zero attached hydrogens (tertiary/aromatic N) is 1. The van der Waals surface area contributed by atoms with Crippen LogP contribution in [0, 0.1) is 0 Å². The average Bonchev–Trinajstić information content (AvgIpc) is 2.94. The lowest BCUT2D eigenvalue weighted by Gasteiger charge is -2.08. The normalized spacial score (nSPS) is 23.1. The molecule has 2 aromatic rings. The summed E-state index contributed by atoms with van der Waals surface area (Å²) in [5, 5.41) is -0.253. The largest absolute Gasteiger partial charge is 0.361 e. The van der Waals surface area contributed by atoms with Crippen LogP contribution in [0.3, 0.4) is 0 Å². The molecule has 0 atom stereocenters. The summed E-state index contributed by atoms with van der Waals surface area (Å²) in [5.41, 5.74) is -4.51. The Balaban J connectivity index is 2.76. The lowest BCUT2D eigenvalue weighted by molar-refractivity contribution is 0.414. The van der Waals surface area contributed by atoms with Crippen LogP contribution in [0.1, 0.15) is 27.6 Å². The molecule has 1 aromatic carbocycles. The maximum absolute atomic E-state index is 12.2. The van der Waals surface area contributed by atoms with E-state index in [2.05, 4.69) is 4.98 Å². The molecule has 0 aliphatic heterocycles. The van der Waals surface area contributed by atoms with Gasteiger partial charge in [-0.3, -0.25) is 0 Å². The van der Waals surface area contributed by atoms with Crippen LogP contribution >= 0.6 is 0 Å². The molecule has 0 bridgehead atoms. The van der Waals surface area contributed by atoms with Crippen molar-refractivity contribution in [2.75, 3.05) is 27.5 Å². The first-order valence-corrected chi connectivity index (χ1v) is 7.09. The van der Waals surface area contributed by atoms with Crippen molar-refractivity contribution in [1.29, 1.82) is 0 Å². The molecule has 2 N–H and O–H groups in total. The third kappa shape index (κ3) is 3.59. The molecular formula is C14H21N3O2S. The van der Waals surface area contributed by atoms with Gasteiger partial charge in [-0.2, -0.15) is 0 Å². The lowest BCUT2D eigenvalue weighted by Crippen LogP contribution is -2.20. The third-order valence-electron chi connectivity index (χ3n) is 2.54. The molecule has 6 heteroatoms. The number of H-pyrrole nitrogens is 1. The average molecular weight is 307 g/mol. The van der Waals surface area contributed by atoms with Crippen LogP contribution in [-0.2, 0) is 22.1 Å². The van der Waals surface area contributed by atoms with Gasteiger partial charge in [0.15, 0.2) is 0 Å². The minimum atomic E-state index is -4.71. The van der Waals surface area contributed by atoms with E-state index in [0.717, 1.165) is 7.05 Å². The number of aromatic nitrogens is 1.